The molecule has 1 aromatic carbocycles. The average Bonchev–Trinajstić information content (AvgIpc) is 3.29. The third-order valence-corrected chi connectivity index (χ3v) is 6.02. The van der Waals surface area contributed by atoms with Gasteiger partial charge in [-0.15, -0.1) is 0 Å². The van der Waals surface area contributed by atoms with Crippen LogP contribution in [0.15, 0.2) is 36.4 Å². The van der Waals surface area contributed by atoms with E-state index in [0.717, 1.165) is 51.4 Å². The summed E-state index contributed by atoms with van der Waals surface area (Å²) in [7, 11) is 2.07. The quantitative estimate of drug-likeness (QED) is 0.553. The molecule has 2 aromatic rings. The fraction of sp³-hybridized carbons (Fsp3) is 0.476. The highest BCUT2D eigenvalue weighted by Gasteiger charge is 2.23. The summed E-state index contributed by atoms with van der Waals surface area (Å²) in [6.07, 6.45) is 1.64. The molecule has 8 heteroatoms. The Hall–Kier alpha value is -2.87. The first-order chi connectivity index (χ1) is 14.0. The van der Waals surface area contributed by atoms with Gasteiger partial charge in [0.1, 0.15) is 0 Å². The first kappa shape index (κ1) is 19.4. The van der Waals surface area contributed by atoms with E-state index in [4.69, 9.17) is 0 Å². The Morgan fingerprint density at radius 3 is 2.38 bits per heavy atom. The second kappa shape index (κ2) is 8.24. The number of anilines is 1. The summed E-state index contributed by atoms with van der Waals surface area (Å²) in [6.45, 7) is 5.94. The van der Waals surface area contributed by atoms with Gasteiger partial charge in [-0.05, 0) is 24.6 Å². The van der Waals surface area contributed by atoms with E-state index >= 15 is 0 Å². The number of nitro groups is 1. The molecule has 1 aromatic heterocycles. The predicted octanol–water partition coefficient (Wildman–Crippen LogP) is 2.38. The normalized spacial score (nSPS) is 17.9. The molecule has 0 N–H and O–H groups in total. The number of hydrogen-bond acceptors (Lipinski definition) is 5. The first-order valence-electron chi connectivity index (χ1n) is 10.1. The van der Waals surface area contributed by atoms with Crippen molar-refractivity contribution in [2.45, 2.75) is 25.9 Å². The van der Waals surface area contributed by atoms with Gasteiger partial charge in [-0.25, -0.2) is 0 Å². The van der Waals surface area contributed by atoms with E-state index in [1.807, 2.05) is 11.0 Å². The number of non-ortho nitro benzene ring substituents is 1. The number of benzene rings is 1. The summed E-state index contributed by atoms with van der Waals surface area (Å²) in [5.41, 5.74) is 3.47. The molecule has 0 radical (unpaired) electrons. The minimum absolute atomic E-state index is 0.137. The van der Waals surface area contributed by atoms with E-state index < -0.39 is 0 Å². The van der Waals surface area contributed by atoms with Crippen molar-refractivity contribution < 1.29 is 9.72 Å². The molecule has 2 fully saturated rings. The summed E-state index contributed by atoms with van der Waals surface area (Å²) in [6, 6.07) is 11.1. The van der Waals surface area contributed by atoms with Crippen LogP contribution in [0, 0.1) is 10.1 Å². The van der Waals surface area contributed by atoms with Gasteiger partial charge in [-0.3, -0.25) is 19.8 Å². The van der Waals surface area contributed by atoms with Crippen molar-refractivity contribution in [3.63, 3.8) is 0 Å². The van der Waals surface area contributed by atoms with Crippen molar-refractivity contribution in [2.75, 3.05) is 37.6 Å². The van der Waals surface area contributed by atoms with Gasteiger partial charge in [0.25, 0.3) is 5.69 Å². The van der Waals surface area contributed by atoms with Gasteiger partial charge in [0, 0.05) is 81.9 Å². The number of hydrogen-bond donors (Lipinski definition) is 0. The molecule has 0 aliphatic carbocycles. The van der Waals surface area contributed by atoms with Crippen molar-refractivity contribution in [1.82, 2.24) is 14.4 Å². The van der Waals surface area contributed by atoms with Gasteiger partial charge >= 0.3 is 0 Å². The summed E-state index contributed by atoms with van der Waals surface area (Å²) in [5.74, 6) is 0.255. The largest absolute Gasteiger partial charge is 0.369 e. The van der Waals surface area contributed by atoms with Crippen LogP contribution in [-0.2, 0) is 24.9 Å². The number of nitrogens with zero attached hydrogens (tertiary/aromatic N) is 5. The van der Waals surface area contributed by atoms with Crippen LogP contribution < -0.4 is 4.90 Å². The molecule has 0 unspecified atom stereocenters. The van der Waals surface area contributed by atoms with Crippen molar-refractivity contribution in [3.8, 4) is 0 Å². The number of carbonyl (C=O) groups excluding carboxylic acids is 1. The zero-order valence-electron chi connectivity index (χ0n) is 16.8. The van der Waals surface area contributed by atoms with E-state index in [2.05, 4.69) is 33.5 Å². The Morgan fingerprint density at radius 1 is 1.00 bits per heavy atom. The van der Waals surface area contributed by atoms with Gasteiger partial charge in [0.2, 0.25) is 5.91 Å². The minimum Gasteiger partial charge on any atom is -0.369 e. The molecule has 0 saturated carbocycles. The molecule has 0 spiro atoms. The lowest BCUT2D eigenvalue weighted by atomic mass is 10.2. The van der Waals surface area contributed by atoms with Crippen LogP contribution in [0.1, 0.15) is 24.2 Å². The number of nitro benzene ring substituents is 1. The second-order valence-electron chi connectivity index (χ2n) is 7.83. The number of carbonyl (C=O) groups is 1. The Kier molecular flexibility index (Phi) is 5.53. The number of rotatable bonds is 6. The Bertz CT molecular complexity index is 901. The molecule has 154 valence electrons. The Labute approximate surface area is 170 Å². The van der Waals surface area contributed by atoms with Crippen molar-refractivity contribution in [1.29, 1.82) is 0 Å². The summed E-state index contributed by atoms with van der Waals surface area (Å²) in [4.78, 5) is 29.1. The van der Waals surface area contributed by atoms with E-state index in [1.54, 1.807) is 12.1 Å². The van der Waals surface area contributed by atoms with Crippen molar-refractivity contribution in [3.05, 3.63) is 57.9 Å². The van der Waals surface area contributed by atoms with Gasteiger partial charge in [0.05, 0.1) is 11.5 Å². The third kappa shape index (κ3) is 4.27. The molecule has 8 nitrogen and oxygen atoms in total. The molecule has 2 saturated heterocycles. The topological polar surface area (TPSA) is 74.9 Å². The molecule has 1 amide bonds. The van der Waals surface area contributed by atoms with Gasteiger partial charge < -0.3 is 14.4 Å². The number of aromatic nitrogens is 1. The second-order valence-corrected chi connectivity index (χ2v) is 7.83. The zero-order valence-corrected chi connectivity index (χ0v) is 16.8. The van der Waals surface area contributed by atoms with Gasteiger partial charge in [-0.1, -0.05) is 6.07 Å². The molecule has 0 bridgehead atoms. The van der Waals surface area contributed by atoms with Crippen LogP contribution in [0.5, 0.6) is 0 Å². The molecule has 29 heavy (non-hydrogen) atoms. The maximum atomic E-state index is 11.9. The van der Waals surface area contributed by atoms with E-state index in [9.17, 15) is 14.9 Å². The fourth-order valence-electron chi connectivity index (χ4n) is 4.18. The number of amides is 1. The van der Waals surface area contributed by atoms with Gasteiger partial charge in [0.15, 0.2) is 0 Å². The fourth-order valence-corrected chi connectivity index (χ4v) is 4.18. The van der Waals surface area contributed by atoms with Crippen LogP contribution in [0.3, 0.4) is 0 Å². The van der Waals surface area contributed by atoms with Crippen LogP contribution in [0.4, 0.5) is 11.4 Å². The van der Waals surface area contributed by atoms with E-state index in [1.165, 1.54) is 17.5 Å². The van der Waals surface area contributed by atoms with Gasteiger partial charge in [-0.2, -0.15) is 0 Å². The highest BCUT2D eigenvalue weighted by atomic mass is 16.6. The smallest absolute Gasteiger partial charge is 0.271 e. The van der Waals surface area contributed by atoms with Crippen LogP contribution in [0.2, 0.25) is 0 Å². The van der Waals surface area contributed by atoms with Crippen molar-refractivity contribution >= 4 is 17.3 Å². The summed E-state index contributed by atoms with van der Waals surface area (Å²) >= 11 is 0. The maximum absolute atomic E-state index is 11.9. The van der Waals surface area contributed by atoms with E-state index in [0.29, 0.717) is 13.0 Å². The minimum atomic E-state index is -0.345. The monoisotopic (exact) mass is 397 g/mol. The molecule has 2 aliphatic heterocycles. The average molecular weight is 397 g/mol. The number of likely N-dealkylation sites (tertiary alicyclic amines) is 1. The standard InChI is InChI=1S/C21H27N5O3/c1-22-19(7-8-20(22)16-25-9-3-6-21(25)27)15-23-10-12-24(13-11-23)17-4-2-5-18(14-17)26(28)29/h2,4-5,7-8,14H,3,6,9-13,15-16H2,1H3. The predicted molar refractivity (Wildman–Crippen MR) is 111 cm³/mol. The molecular weight excluding hydrogens is 370 g/mol. The molecule has 4 rings (SSSR count). The highest BCUT2D eigenvalue weighted by Crippen LogP contribution is 2.23. The Balaban J connectivity index is 1.33. The van der Waals surface area contributed by atoms with Crippen LogP contribution in [-0.4, -0.2) is 57.9 Å². The van der Waals surface area contributed by atoms with Crippen LogP contribution in [0.25, 0.3) is 0 Å². The lowest BCUT2D eigenvalue weighted by Crippen LogP contribution is -2.46. The third-order valence-electron chi connectivity index (χ3n) is 6.02. The Morgan fingerprint density at radius 2 is 1.72 bits per heavy atom. The molecule has 2 aliphatic rings. The molecule has 3 heterocycles. The zero-order chi connectivity index (χ0) is 20.4. The maximum Gasteiger partial charge on any atom is 0.271 e. The van der Waals surface area contributed by atoms with Crippen molar-refractivity contribution in [2.24, 2.45) is 7.05 Å². The highest BCUT2D eigenvalue weighted by molar-refractivity contribution is 5.78. The SMILES string of the molecule is Cn1c(CN2CCN(c3cccc([N+](=O)[O-])c3)CC2)ccc1CN1CCCC1=O. The molecule has 0 atom stereocenters. The lowest BCUT2D eigenvalue weighted by Gasteiger charge is -2.36. The summed E-state index contributed by atoms with van der Waals surface area (Å²) in [5, 5.41) is 11.0. The van der Waals surface area contributed by atoms with E-state index in [-0.39, 0.29) is 16.5 Å². The summed E-state index contributed by atoms with van der Waals surface area (Å²) < 4.78 is 2.21. The number of piperazine rings is 1. The first-order valence-corrected chi connectivity index (χ1v) is 10.1. The van der Waals surface area contributed by atoms with Crippen LogP contribution >= 0.6 is 0 Å². The molecular formula is C21H27N5O3. The lowest BCUT2D eigenvalue weighted by molar-refractivity contribution is -0.384.